The number of nitrogens with zero attached hydrogens (tertiary/aromatic N) is 2. The van der Waals surface area contributed by atoms with E-state index in [1.807, 2.05) is 65.6 Å². The minimum absolute atomic E-state index is 0.135. The molecule has 0 spiro atoms. The smallest absolute Gasteiger partial charge is 0.248 e. The Hall–Kier alpha value is -3.51. The molecule has 158 valence electrons. The summed E-state index contributed by atoms with van der Waals surface area (Å²) in [6.07, 6.45) is 0.951. The second-order valence-electron chi connectivity index (χ2n) is 7.57. The number of carbonyl (C=O) groups excluding carboxylic acids is 2. The van der Waals surface area contributed by atoms with E-state index in [9.17, 15) is 9.59 Å². The number of aromatic nitrogens is 1. The van der Waals surface area contributed by atoms with Gasteiger partial charge in [0.1, 0.15) is 6.10 Å². The average Bonchev–Trinajstić information content (AvgIpc) is 2.83. The molecular weight excluding hydrogens is 390 g/mol. The van der Waals surface area contributed by atoms with Crippen molar-refractivity contribution in [1.82, 2.24) is 9.88 Å². The van der Waals surface area contributed by atoms with Crippen LogP contribution in [0.25, 0.3) is 11.3 Å². The third-order valence-electron chi connectivity index (χ3n) is 5.46. The molecule has 6 nitrogen and oxygen atoms in total. The first-order valence-corrected chi connectivity index (χ1v) is 10.4. The van der Waals surface area contributed by atoms with Crippen LogP contribution in [0.4, 0.5) is 0 Å². The Kier molecular flexibility index (Phi) is 6.38. The molecule has 4 rings (SSSR count). The van der Waals surface area contributed by atoms with Crippen molar-refractivity contribution in [2.75, 3.05) is 19.7 Å². The van der Waals surface area contributed by atoms with Crippen molar-refractivity contribution >= 4 is 11.8 Å². The highest BCUT2D eigenvalue weighted by Crippen LogP contribution is 2.25. The van der Waals surface area contributed by atoms with Crippen LogP contribution in [0.3, 0.4) is 0 Å². The van der Waals surface area contributed by atoms with Crippen LogP contribution < -0.4 is 5.73 Å². The molecule has 0 aliphatic carbocycles. The van der Waals surface area contributed by atoms with Crippen molar-refractivity contribution in [3.05, 3.63) is 89.6 Å². The molecule has 6 heteroatoms. The van der Waals surface area contributed by atoms with Gasteiger partial charge in [0.2, 0.25) is 11.8 Å². The van der Waals surface area contributed by atoms with E-state index in [0.29, 0.717) is 31.7 Å². The van der Waals surface area contributed by atoms with Crippen LogP contribution in [0.2, 0.25) is 0 Å². The molecular formula is C25H25N3O3. The Labute approximate surface area is 181 Å². The number of nitrogens with two attached hydrogens (primary N) is 1. The van der Waals surface area contributed by atoms with Gasteiger partial charge in [-0.1, -0.05) is 48.5 Å². The van der Waals surface area contributed by atoms with Crippen molar-refractivity contribution in [1.29, 1.82) is 0 Å². The van der Waals surface area contributed by atoms with Gasteiger partial charge in [-0.05, 0) is 36.2 Å². The van der Waals surface area contributed by atoms with Crippen LogP contribution in [0.15, 0.2) is 72.8 Å². The average molecular weight is 415 g/mol. The zero-order chi connectivity index (χ0) is 21.6. The number of rotatable bonds is 6. The number of aryl methyl sites for hydroxylation is 1. The summed E-state index contributed by atoms with van der Waals surface area (Å²) in [5.41, 5.74) is 9.39. The lowest BCUT2D eigenvalue weighted by atomic mass is 10.1. The van der Waals surface area contributed by atoms with E-state index in [0.717, 1.165) is 28.9 Å². The van der Waals surface area contributed by atoms with Crippen LogP contribution in [0, 0.1) is 0 Å². The number of amides is 2. The predicted molar refractivity (Wildman–Crippen MR) is 118 cm³/mol. The fourth-order valence-corrected chi connectivity index (χ4v) is 3.71. The van der Waals surface area contributed by atoms with Gasteiger partial charge in [0.05, 0.1) is 24.5 Å². The summed E-state index contributed by atoms with van der Waals surface area (Å²) in [5.74, 6) is -0.323. The number of hydrogen-bond acceptors (Lipinski definition) is 4. The fourth-order valence-electron chi connectivity index (χ4n) is 3.71. The molecule has 2 amide bonds. The van der Waals surface area contributed by atoms with Gasteiger partial charge in [-0.3, -0.25) is 9.59 Å². The van der Waals surface area contributed by atoms with Gasteiger partial charge in [0.15, 0.2) is 0 Å². The van der Waals surface area contributed by atoms with Gasteiger partial charge in [-0.2, -0.15) is 0 Å². The third kappa shape index (κ3) is 5.16. The molecule has 31 heavy (non-hydrogen) atoms. The summed E-state index contributed by atoms with van der Waals surface area (Å²) in [4.78, 5) is 30.6. The Balaban J connectivity index is 1.42. The third-order valence-corrected chi connectivity index (χ3v) is 5.46. The molecule has 2 aromatic carbocycles. The molecule has 0 saturated carbocycles. The number of primary amides is 1. The lowest BCUT2D eigenvalue weighted by Crippen LogP contribution is -2.42. The highest BCUT2D eigenvalue weighted by atomic mass is 16.5. The number of pyridine rings is 1. The lowest BCUT2D eigenvalue weighted by Gasteiger charge is -2.33. The van der Waals surface area contributed by atoms with Gasteiger partial charge in [0.25, 0.3) is 0 Å². The monoisotopic (exact) mass is 415 g/mol. The second-order valence-corrected chi connectivity index (χ2v) is 7.57. The molecule has 0 bridgehead atoms. The van der Waals surface area contributed by atoms with Gasteiger partial charge in [-0.15, -0.1) is 0 Å². The Morgan fingerprint density at radius 1 is 1.00 bits per heavy atom. The van der Waals surface area contributed by atoms with Crippen molar-refractivity contribution in [2.45, 2.75) is 18.9 Å². The molecule has 2 N–H and O–H groups in total. The Morgan fingerprint density at radius 3 is 2.52 bits per heavy atom. The summed E-state index contributed by atoms with van der Waals surface area (Å²) in [6.45, 7) is 1.57. The minimum Gasteiger partial charge on any atom is -0.368 e. The Morgan fingerprint density at radius 2 is 1.77 bits per heavy atom. The van der Waals surface area contributed by atoms with Crippen LogP contribution in [-0.4, -0.2) is 41.4 Å². The topological polar surface area (TPSA) is 85.5 Å². The van der Waals surface area contributed by atoms with Crippen LogP contribution in [0.5, 0.6) is 0 Å². The summed E-state index contributed by atoms with van der Waals surface area (Å²) in [5, 5.41) is 0. The van der Waals surface area contributed by atoms with Crippen molar-refractivity contribution < 1.29 is 14.3 Å². The van der Waals surface area contributed by atoms with Gasteiger partial charge in [0, 0.05) is 24.1 Å². The molecule has 1 aliphatic rings. The van der Waals surface area contributed by atoms with Gasteiger partial charge < -0.3 is 15.4 Å². The molecule has 1 aromatic heterocycles. The number of benzene rings is 2. The van der Waals surface area contributed by atoms with E-state index < -0.39 is 5.91 Å². The summed E-state index contributed by atoms with van der Waals surface area (Å²) in [7, 11) is 0. The summed E-state index contributed by atoms with van der Waals surface area (Å²) < 4.78 is 5.93. The van der Waals surface area contributed by atoms with Crippen molar-refractivity contribution in [3.63, 3.8) is 0 Å². The van der Waals surface area contributed by atoms with E-state index >= 15 is 0 Å². The largest absolute Gasteiger partial charge is 0.368 e. The van der Waals surface area contributed by atoms with E-state index in [-0.39, 0.29) is 12.0 Å². The highest BCUT2D eigenvalue weighted by molar-refractivity contribution is 5.93. The predicted octanol–water partition coefficient (Wildman–Crippen LogP) is 3.38. The molecule has 3 aromatic rings. The van der Waals surface area contributed by atoms with E-state index in [4.69, 9.17) is 15.5 Å². The first-order chi connectivity index (χ1) is 15.1. The van der Waals surface area contributed by atoms with Crippen molar-refractivity contribution in [3.8, 4) is 11.3 Å². The van der Waals surface area contributed by atoms with Crippen molar-refractivity contribution in [2.24, 2.45) is 5.73 Å². The van der Waals surface area contributed by atoms with Crippen LogP contribution >= 0.6 is 0 Å². The lowest BCUT2D eigenvalue weighted by molar-refractivity contribution is -0.139. The molecule has 1 saturated heterocycles. The Bertz CT molecular complexity index is 1050. The molecule has 1 fully saturated rings. The zero-order valence-corrected chi connectivity index (χ0v) is 17.2. The van der Waals surface area contributed by atoms with E-state index in [1.165, 1.54) is 0 Å². The zero-order valence-electron chi connectivity index (χ0n) is 17.2. The van der Waals surface area contributed by atoms with Crippen LogP contribution in [-0.2, 0) is 16.0 Å². The SMILES string of the molecule is NC(=O)c1ccc(-c2cccc([C@H]3CN(C(=O)CCc4ccccc4)CCO3)n2)cc1. The van der Waals surface area contributed by atoms with Gasteiger partial charge >= 0.3 is 0 Å². The van der Waals surface area contributed by atoms with E-state index in [1.54, 1.807) is 12.1 Å². The maximum atomic E-state index is 12.7. The highest BCUT2D eigenvalue weighted by Gasteiger charge is 2.26. The second kappa shape index (κ2) is 9.53. The standard InChI is InChI=1S/C25H25N3O3/c26-25(30)20-12-10-19(11-13-20)21-7-4-8-22(27-21)23-17-28(15-16-31-23)24(29)14-9-18-5-2-1-3-6-18/h1-8,10-13,23H,9,14-17H2,(H2,26,30)/t23-/m1/s1. The number of hydrogen-bond donors (Lipinski definition) is 1. The quantitative estimate of drug-likeness (QED) is 0.669. The molecule has 2 heterocycles. The normalized spacial score (nSPS) is 16.1. The molecule has 0 radical (unpaired) electrons. The number of carbonyl (C=O) groups is 2. The first-order valence-electron chi connectivity index (χ1n) is 10.4. The number of ether oxygens (including phenoxy) is 1. The fraction of sp³-hybridized carbons (Fsp3) is 0.240. The summed E-state index contributed by atoms with van der Waals surface area (Å²) >= 11 is 0. The maximum absolute atomic E-state index is 12.7. The number of morpholine rings is 1. The van der Waals surface area contributed by atoms with Gasteiger partial charge in [-0.25, -0.2) is 4.98 Å². The molecule has 1 atom stereocenters. The van der Waals surface area contributed by atoms with E-state index in [2.05, 4.69) is 0 Å². The minimum atomic E-state index is -0.458. The molecule has 0 unspecified atom stereocenters. The maximum Gasteiger partial charge on any atom is 0.248 e. The first kappa shape index (κ1) is 20.8. The molecule has 1 aliphatic heterocycles. The summed E-state index contributed by atoms with van der Waals surface area (Å²) in [6, 6.07) is 22.8. The van der Waals surface area contributed by atoms with Crippen LogP contribution in [0.1, 0.15) is 34.1 Å².